The maximum atomic E-state index is 13.0. The molecule has 0 aliphatic rings. The highest BCUT2D eigenvalue weighted by Gasteiger charge is 2.31. The Balaban J connectivity index is 2.49. The lowest BCUT2D eigenvalue weighted by molar-refractivity contribution is -0.137. The Morgan fingerprint density at radius 2 is 1.90 bits per heavy atom. The third kappa shape index (κ3) is 3.93. The summed E-state index contributed by atoms with van der Waals surface area (Å²) in [7, 11) is 0. The van der Waals surface area contributed by atoms with Crippen LogP contribution in [0.5, 0.6) is 0 Å². The van der Waals surface area contributed by atoms with Crippen LogP contribution in [-0.4, -0.2) is 16.5 Å². The lowest BCUT2D eigenvalue weighted by atomic mass is 10.1. The second kappa shape index (κ2) is 6.11. The van der Waals surface area contributed by atoms with Crippen LogP contribution >= 0.6 is 0 Å². The SMILES string of the molecule is CCCNc1cc(C(F)(F)F)cc(-c2cncc(C)c2)n1. The summed E-state index contributed by atoms with van der Waals surface area (Å²) >= 11 is 0. The zero-order chi connectivity index (χ0) is 15.5. The van der Waals surface area contributed by atoms with Crippen LogP contribution < -0.4 is 5.32 Å². The first-order chi connectivity index (χ1) is 9.90. The van der Waals surface area contributed by atoms with E-state index in [4.69, 9.17) is 0 Å². The van der Waals surface area contributed by atoms with Crippen molar-refractivity contribution in [3.05, 3.63) is 41.7 Å². The molecule has 0 unspecified atom stereocenters. The number of nitrogens with one attached hydrogen (secondary N) is 1. The minimum absolute atomic E-state index is 0.225. The lowest BCUT2D eigenvalue weighted by Gasteiger charge is -2.12. The molecule has 1 N–H and O–H groups in total. The Morgan fingerprint density at radius 3 is 2.52 bits per heavy atom. The van der Waals surface area contributed by atoms with Crippen molar-refractivity contribution in [2.24, 2.45) is 0 Å². The van der Waals surface area contributed by atoms with Crippen LogP contribution in [0.1, 0.15) is 24.5 Å². The molecule has 6 heteroatoms. The van der Waals surface area contributed by atoms with E-state index in [0.29, 0.717) is 12.1 Å². The van der Waals surface area contributed by atoms with Gasteiger partial charge in [-0.1, -0.05) is 6.92 Å². The molecule has 3 nitrogen and oxygen atoms in total. The molecule has 0 radical (unpaired) electrons. The zero-order valence-corrected chi connectivity index (χ0v) is 11.8. The first kappa shape index (κ1) is 15.3. The average Bonchev–Trinajstić information content (AvgIpc) is 2.44. The van der Waals surface area contributed by atoms with E-state index in [9.17, 15) is 13.2 Å². The topological polar surface area (TPSA) is 37.8 Å². The van der Waals surface area contributed by atoms with Gasteiger partial charge in [-0.3, -0.25) is 4.98 Å². The van der Waals surface area contributed by atoms with Crippen molar-refractivity contribution in [3.63, 3.8) is 0 Å². The average molecular weight is 295 g/mol. The Bertz CT molecular complexity index is 624. The van der Waals surface area contributed by atoms with Crippen LogP contribution in [0.2, 0.25) is 0 Å². The highest BCUT2D eigenvalue weighted by atomic mass is 19.4. The van der Waals surface area contributed by atoms with Gasteiger partial charge in [0.15, 0.2) is 0 Å². The molecule has 0 bridgehead atoms. The molecule has 112 valence electrons. The Hall–Kier alpha value is -2.11. The number of alkyl halides is 3. The fourth-order valence-electron chi connectivity index (χ4n) is 1.88. The van der Waals surface area contributed by atoms with Crippen molar-refractivity contribution in [2.45, 2.75) is 26.4 Å². The molecule has 0 amide bonds. The molecule has 0 saturated carbocycles. The fraction of sp³-hybridized carbons (Fsp3) is 0.333. The van der Waals surface area contributed by atoms with Gasteiger partial charge in [-0.25, -0.2) is 4.98 Å². The molecule has 0 aromatic carbocycles. The standard InChI is InChI=1S/C15H16F3N3/c1-3-4-20-14-7-12(15(16,17)18)6-13(21-14)11-5-10(2)8-19-9-11/h5-9H,3-4H2,1-2H3,(H,20,21). The molecule has 0 aliphatic heterocycles. The molecule has 2 aromatic heterocycles. The predicted octanol–water partition coefficient (Wildman–Crippen LogP) is 4.29. The van der Waals surface area contributed by atoms with Crippen LogP contribution in [-0.2, 0) is 6.18 Å². The molecule has 0 aliphatic carbocycles. The van der Waals surface area contributed by atoms with Gasteiger partial charge in [-0.2, -0.15) is 13.2 Å². The monoisotopic (exact) mass is 295 g/mol. The van der Waals surface area contributed by atoms with E-state index in [1.807, 2.05) is 13.8 Å². The van der Waals surface area contributed by atoms with Gasteiger partial charge in [0.1, 0.15) is 5.82 Å². The molecular formula is C15H16F3N3. The number of anilines is 1. The van der Waals surface area contributed by atoms with Gasteiger partial charge in [0, 0.05) is 24.5 Å². The van der Waals surface area contributed by atoms with Gasteiger partial charge in [-0.05, 0) is 37.1 Å². The number of halogens is 3. The van der Waals surface area contributed by atoms with Crippen LogP contribution in [0, 0.1) is 6.92 Å². The number of rotatable bonds is 4. The van der Waals surface area contributed by atoms with E-state index < -0.39 is 11.7 Å². The summed E-state index contributed by atoms with van der Waals surface area (Å²) in [5, 5.41) is 2.90. The first-order valence-electron chi connectivity index (χ1n) is 6.65. The van der Waals surface area contributed by atoms with Crippen LogP contribution in [0.4, 0.5) is 19.0 Å². The van der Waals surface area contributed by atoms with Crippen molar-refractivity contribution < 1.29 is 13.2 Å². The lowest BCUT2D eigenvalue weighted by Crippen LogP contribution is -2.09. The summed E-state index contributed by atoms with van der Waals surface area (Å²) in [5.74, 6) is 0.225. The number of nitrogens with zero attached hydrogens (tertiary/aromatic N) is 2. The van der Waals surface area contributed by atoms with Crippen molar-refractivity contribution >= 4 is 5.82 Å². The van der Waals surface area contributed by atoms with E-state index >= 15 is 0 Å². The van der Waals surface area contributed by atoms with Gasteiger partial charge in [0.2, 0.25) is 0 Å². The third-order valence-corrected chi connectivity index (χ3v) is 2.88. The summed E-state index contributed by atoms with van der Waals surface area (Å²) in [4.78, 5) is 8.25. The summed E-state index contributed by atoms with van der Waals surface area (Å²) in [6.07, 6.45) is -0.441. The van der Waals surface area contributed by atoms with Crippen LogP contribution in [0.25, 0.3) is 11.3 Å². The van der Waals surface area contributed by atoms with Crippen LogP contribution in [0.15, 0.2) is 30.6 Å². The van der Waals surface area contributed by atoms with Gasteiger partial charge < -0.3 is 5.32 Å². The normalized spacial score (nSPS) is 11.5. The van der Waals surface area contributed by atoms with Gasteiger partial charge in [0.25, 0.3) is 0 Å². The Labute approximate surface area is 121 Å². The van der Waals surface area contributed by atoms with Crippen molar-refractivity contribution in [1.29, 1.82) is 0 Å². The van der Waals surface area contributed by atoms with Crippen LogP contribution in [0.3, 0.4) is 0 Å². The summed E-state index contributed by atoms with van der Waals surface area (Å²) in [5.41, 5.74) is 0.989. The molecule has 2 aromatic rings. The quantitative estimate of drug-likeness (QED) is 0.914. The number of hydrogen-bond acceptors (Lipinski definition) is 3. The molecule has 0 atom stereocenters. The fourth-order valence-corrected chi connectivity index (χ4v) is 1.88. The van der Waals surface area contributed by atoms with Crippen molar-refractivity contribution in [1.82, 2.24) is 9.97 Å². The molecule has 0 spiro atoms. The highest BCUT2D eigenvalue weighted by Crippen LogP contribution is 2.33. The number of aryl methyl sites for hydroxylation is 1. The summed E-state index contributed by atoms with van der Waals surface area (Å²) in [6.45, 7) is 4.34. The minimum atomic E-state index is -4.41. The smallest absolute Gasteiger partial charge is 0.370 e. The van der Waals surface area contributed by atoms with Crippen molar-refractivity contribution in [3.8, 4) is 11.3 Å². The number of pyridine rings is 2. The first-order valence-corrected chi connectivity index (χ1v) is 6.65. The predicted molar refractivity (Wildman–Crippen MR) is 76.0 cm³/mol. The van der Waals surface area contributed by atoms with E-state index in [-0.39, 0.29) is 11.5 Å². The highest BCUT2D eigenvalue weighted by molar-refractivity contribution is 5.62. The second-order valence-corrected chi connectivity index (χ2v) is 4.80. The zero-order valence-electron chi connectivity index (χ0n) is 11.8. The molecule has 2 rings (SSSR count). The Kier molecular flexibility index (Phi) is 4.45. The van der Waals surface area contributed by atoms with E-state index in [1.54, 1.807) is 12.3 Å². The van der Waals surface area contributed by atoms with Gasteiger partial charge in [-0.15, -0.1) is 0 Å². The molecule has 21 heavy (non-hydrogen) atoms. The van der Waals surface area contributed by atoms with Crippen molar-refractivity contribution in [2.75, 3.05) is 11.9 Å². The molecule has 2 heterocycles. The maximum absolute atomic E-state index is 13.0. The number of hydrogen-bond donors (Lipinski definition) is 1. The third-order valence-electron chi connectivity index (χ3n) is 2.88. The molecule has 0 saturated heterocycles. The van der Waals surface area contributed by atoms with E-state index in [0.717, 1.165) is 24.1 Å². The summed E-state index contributed by atoms with van der Waals surface area (Å²) in [6, 6.07) is 3.84. The van der Waals surface area contributed by atoms with Gasteiger partial charge >= 0.3 is 6.18 Å². The van der Waals surface area contributed by atoms with E-state index in [1.165, 1.54) is 6.20 Å². The van der Waals surface area contributed by atoms with E-state index in [2.05, 4.69) is 15.3 Å². The maximum Gasteiger partial charge on any atom is 0.416 e. The minimum Gasteiger partial charge on any atom is -0.370 e. The number of aromatic nitrogens is 2. The Morgan fingerprint density at radius 1 is 1.14 bits per heavy atom. The van der Waals surface area contributed by atoms with Gasteiger partial charge in [0.05, 0.1) is 11.3 Å². The summed E-state index contributed by atoms with van der Waals surface area (Å²) < 4.78 is 39.0. The second-order valence-electron chi connectivity index (χ2n) is 4.80. The largest absolute Gasteiger partial charge is 0.416 e. The molecular weight excluding hydrogens is 279 g/mol. The molecule has 0 fully saturated rings.